The van der Waals surface area contributed by atoms with Crippen LogP contribution in [-0.2, 0) is 9.59 Å². The van der Waals surface area contributed by atoms with Crippen molar-refractivity contribution in [1.29, 1.82) is 0 Å². The molecule has 0 radical (unpaired) electrons. The number of benzene rings is 1. The van der Waals surface area contributed by atoms with E-state index in [0.717, 1.165) is 24.2 Å². The van der Waals surface area contributed by atoms with Gasteiger partial charge in [0.25, 0.3) is 0 Å². The summed E-state index contributed by atoms with van der Waals surface area (Å²) in [5.41, 5.74) is 1.82. The van der Waals surface area contributed by atoms with Crippen molar-refractivity contribution in [2.75, 3.05) is 18.0 Å². The second-order valence-electron chi connectivity index (χ2n) is 6.51. The molecule has 0 aromatic heterocycles. The molecular formula is C19H26N2O3. The minimum absolute atomic E-state index is 0.147. The molecule has 1 saturated heterocycles. The van der Waals surface area contributed by atoms with Crippen LogP contribution < -0.4 is 10.2 Å². The lowest BCUT2D eigenvalue weighted by Crippen LogP contribution is -2.27. The molecule has 5 heteroatoms. The zero-order chi connectivity index (χ0) is 17.5. The average molecular weight is 330 g/mol. The number of hydrogen-bond acceptors (Lipinski definition) is 3. The molecule has 24 heavy (non-hydrogen) atoms. The van der Waals surface area contributed by atoms with Crippen molar-refractivity contribution in [3.05, 3.63) is 35.9 Å². The van der Waals surface area contributed by atoms with E-state index in [1.807, 2.05) is 31.2 Å². The molecule has 2 amide bonds. The van der Waals surface area contributed by atoms with Gasteiger partial charge in [-0.25, -0.2) is 0 Å². The van der Waals surface area contributed by atoms with Gasteiger partial charge in [-0.3, -0.25) is 9.59 Å². The second kappa shape index (κ2) is 8.64. The molecule has 2 rings (SSSR count). The van der Waals surface area contributed by atoms with Crippen LogP contribution in [0.25, 0.3) is 6.08 Å². The van der Waals surface area contributed by atoms with E-state index < -0.39 is 0 Å². The lowest BCUT2D eigenvalue weighted by atomic mass is 10.0. The summed E-state index contributed by atoms with van der Waals surface area (Å²) in [5.74, 6) is 0.259. The minimum Gasteiger partial charge on any atom is -0.393 e. The van der Waals surface area contributed by atoms with Crippen molar-refractivity contribution in [2.45, 2.75) is 39.2 Å². The Labute approximate surface area is 143 Å². The van der Waals surface area contributed by atoms with Gasteiger partial charge in [-0.2, -0.15) is 0 Å². The maximum absolute atomic E-state index is 11.8. The largest absolute Gasteiger partial charge is 0.393 e. The van der Waals surface area contributed by atoms with Crippen LogP contribution in [0.15, 0.2) is 30.3 Å². The van der Waals surface area contributed by atoms with Gasteiger partial charge in [0.1, 0.15) is 0 Å². The molecule has 1 fully saturated rings. The van der Waals surface area contributed by atoms with E-state index in [2.05, 4.69) is 5.32 Å². The van der Waals surface area contributed by atoms with Gasteiger partial charge in [-0.15, -0.1) is 0 Å². The van der Waals surface area contributed by atoms with Gasteiger partial charge in [0.05, 0.1) is 6.10 Å². The van der Waals surface area contributed by atoms with Crippen molar-refractivity contribution >= 4 is 23.6 Å². The minimum atomic E-state index is -0.353. The Morgan fingerprint density at radius 2 is 2.04 bits per heavy atom. The standard InChI is InChI=1S/C19H26N2O3/c1-14(12-15(2)22)13-20-18(23)10-7-16-5-8-17(9-6-16)21-11-3-4-19(21)24/h5-10,14-15,22H,3-4,11-13H2,1-2H3,(H,20,23). The fourth-order valence-corrected chi connectivity index (χ4v) is 2.86. The number of rotatable bonds is 7. The molecule has 0 saturated carbocycles. The number of amides is 2. The lowest BCUT2D eigenvalue weighted by Gasteiger charge is -2.15. The van der Waals surface area contributed by atoms with E-state index in [1.165, 1.54) is 6.08 Å². The number of anilines is 1. The zero-order valence-electron chi connectivity index (χ0n) is 14.4. The highest BCUT2D eigenvalue weighted by atomic mass is 16.3. The van der Waals surface area contributed by atoms with E-state index in [4.69, 9.17) is 0 Å². The molecule has 1 aliphatic rings. The van der Waals surface area contributed by atoms with E-state index in [0.29, 0.717) is 19.4 Å². The molecule has 2 N–H and O–H groups in total. The predicted octanol–water partition coefficient (Wildman–Crippen LogP) is 2.35. The molecule has 0 aliphatic carbocycles. The van der Waals surface area contributed by atoms with Crippen LogP contribution >= 0.6 is 0 Å². The third-order valence-corrected chi connectivity index (χ3v) is 4.07. The first-order chi connectivity index (χ1) is 11.5. The first kappa shape index (κ1) is 18.2. The van der Waals surface area contributed by atoms with Crippen molar-refractivity contribution in [2.24, 2.45) is 5.92 Å². The van der Waals surface area contributed by atoms with Crippen molar-refractivity contribution in [1.82, 2.24) is 5.32 Å². The number of carbonyl (C=O) groups is 2. The number of nitrogens with zero attached hydrogens (tertiary/aromatic N) is 1. The molecular weight excluding hydrogens is 304 g/mol. The number of aliphatic hydroxyl groups is 1. The summed E-state index contributed by atoms with van der Waals surface area (Å²) in [6.45, 7) is 5.07. The van der Waals surface area contributed by atoms with Gasteiger partial charge < -0.3 is 15.3 Å². The molecule has 1 heterocycles. The third-order valence-electron chi connectivity index (χ3n) is 4.07. The fourth-order valence-electron chi connectivity index (χ4n) is 2.86. The predicted molar refractivity (Wildman–Crippen MR) is 95.5 cm³/mol. The van der Waals surface area contributed by atoms with Crippen LogP contribution in [0.2, 0.25) is 0 Å². The Kier molecular flexibility index (Phi) is 6.55. The summed E-state index contributed by atoms with van der Waals surface area (Å²) in [6, 6.07) is 7.62. The highest BCUT2D eigenvalue weighted by Crippen LogP contribution is 2.21. The van der Waals surface area contributed by atoms with Gasteiger partial charge in [0.2, 0.25) is 11.8 Å². The van der Waals surface area contributed by atoms with E-state index >= 15 is 0 Å². The summed E-state index contributed by atoms with van der Waals surface area (Å²) < 4.78 is 0. The molecule has 2 unspecified atom stereocenters. The Morgan fingerprint density at radius 1 is 1.33 bits per heavy atom. The van der Waals surface area contributed by atoms with Gasteiger partial charge in [0.15, 0.2) is 0 Å². The molecule has 0 bridgehead atoms. The normalized spacial score (nSPS) is 17.3. The first-order valence-electron chi connectivity index (χ1n) is 8.50. The molecule has 1 aliphatic heterocycles. The van der Waals surface area contributed by atoms with Gasteiger partial charge >= 0.3 is 0 Å². The fraction of sp³-hybridized carbons (Fsp3) is 0.474. The van der Waals surface area contributed by atoms with Crippen molar-refractivity contribution in [3.8, 4) is 0 Å². The zero-order valence-corrected chi connectivity index (χ0v) is 14.4. The van der Waals surface area contributed by atoms with Crippen molar-refractivity contribution < 1.29 is 14.7 Å². The Hall–Kier alpha value is -2.14. The average Bonchev–Trinajstić information content (AvgIpc) is 2.97. The van der Waals surface area contributed by atoms with E-state index in [1.54, 1.807) is 17.9 Å². The van der Waals surface area contributed by atoms with Crippen molar-refractivity contribution in [3.63, 3.8) is 0 Å². The van der Waals surface area contributed by atoms with Crippen LogP contribution in [0, 0.1) is 5.92 Å². The van der Waals surface area contributed by atoms with Crippen LogP contribution in [-0.4, -0.2) is 36.1 Å². The smallest absolute Gasteiger partial charge is 0.244 e. The van der Waals surface area contributed by atoms with Crippen LogP contribution in [0.5, 0.6) is 0 Å². The quantitative estimate of drug-likeness (QED) is 0.754. The summed E-state index contributed by atoms with van der Waals surface area (Å²) in [5, 5.41) is 12.1. The van der Waals surface area contributed by atoms with Gasteiger partial charge in [-0.05, 0) is 49.5 Å². The number of hydrogen-bond donors (Lipinski definition) is 2. The highest BCUT2D eigenvalue weighted by Gasteiger charge is 2.21. The first-order valence-corrected chi connectivity index (χ1v) is 8.50. The van der Waals surface area contributed by atoms with Crippen LogP contribution in [0.4, 0.5) is 5.69 Å². The highest BCUT2D eigenvalue weighted by molar-refractivity contribution is 5.95. The molecule has 5 nitrogen and oxygen atoms in total. The number of nitrogens with one attached hydrogen (secondary N) is 1. The summed E-state index contributed by atoms with van der Waals surface area (Å²) >= 11 is 0. The summed E-state index contributed by atoms with van der Waals surface area (Å²) in [6.07, 6.45) is 5.10. The van der Waals surface area contributed by atoms with Gasteiger partial charge in [0, 0.05) is 31.3 Å². The molecule has 130 valence electrons. The Bertz CT molecular complexity index is 593. The molecule has 2 atom stereocenters. The lowest BCUT2D eigenvalue weighted by molar-refractivity contribution is -0.117. The third kappa shape index (κ3) is 5.49. The summed E-state index contributed by atoms with van der Waals surface area (Å²) in [4.78, 5) is 25.3. The van der Waals surface area contributed by atoms with Crippen LogP contribution in [0.1, 0.15) is 38.7 Å². The second-order valence-corrected chi connectivity index (χ2v) is 6.51. The summed E-state index contributed by atoms with van der Waals surface area (Å²) in [7, 11) is 0. The molecule has 1 aromatic rings. The maximum atomic E-state index is 11.8. The van der Waals surface area contributed by atoms with Crippen LogP contribution in [0.3, 0.4) is 0 Å². The number of aliphatic hydroxyl groups excluding tert-OH is 1. The van der Waals surface area contributed by atoms with E-state index in [9.17, 15) is 14.7 Å². The number of carbonyl (C=O) groups excluding carboxylic acids is 2. The Balaban J connectivity index is 1.83. The Morgan fingerprint density at radius 3 is 2.62 bits per heavy atom. The molecule has 0 spiro atoms. The SMILES string of the molecule is CC(O)CC(C)CNC(=O)C=Cc1ccc(N2CCCC2=O)cc1. The topological polar surface area (TPSA) is 69.6 Å². The monoisotopic (exact) mass is 330 g/mol. The maximum Gasteiger partial charge on any atom is 0.244 e. The molecule has 1 aromatic carbocycles. The van der Waals surface area contributed by atoms with E-state index in [-0.39, 0.29) is 23.8 Å². The van der Waals surface area contributed by atoms with Gasteiger partial charge in [-0.1, -0.05) is 19.1 Å².